The molecule has 0 aromatic heterocycles. The minimum absolute atomic E-state index is 0.0245. The third-order valence-corrected chi connectivity index (χ3v) is 6.49. The van der Waals surface area contributed by atoms with E-state index in [2.05, 4.69) is 17.4 Å². The van der Waals surface area contributed by atoms with Gasteiger partial charge in [0.1, 0.15) is 0 Å². The molecule has 0 saturated heterocycles. The van der Waals surface area contributed by atoms with Crippen molar-refractivity contribution in [1.29, 1.82) is 0 Å². The number of benzene rings is 3. The van der Waals surface area contributed by atoms with Crippen LogP contribution < -0.4 is 9.62 Å². The van der Waals surface area contributed by atoms with Gasteiger partial charge in [-0.1, -0.05) is 60.2 Å². The zero-order valence-electron chi connectivity index (χ0n) is 18.8. The molecule has 0 saturated carbocycles. The highest BCUT2D eigenvalue weighted by Crippen LogP contribution is 2.21. The van der Waals surface area contributed by atoms with Crippen LogP contribution in [-0.4, -0.2) is 26.6 Å². The second-order valence-corrected chi connectivity index (χ2v) is 10.1. The molecule has 168 valence electrons. The van der Waals surface area contributed by atoms with E-state index in [1.807, 2.05) is 56.3 Å². The molecular weight excluding hydrogens is 420 g/mol. The molecule has 0 aliphatic rings. The minimum Gasteiger partial charge on any atom is -0.350 e. The van der Waals surface area contributed by atoms with Crippen LogP contribution in [0.3, 0.4) is 0 Å². The van der Waals surface area contributed by atoms with Gasteiger partial charge < -0.3 is 5.32 Å². The molecule has 0 unspecified atom stereocenters. The summed E-state index contributed by atoms with van der Waals surface area (Å²) in [5.74, 6) is -0.165. The molecule has 1 atom stereocenters. The molecule has 0 spiro atoms. The normalized spacial score (nSPS) is 12.2. The first-order valence-electron chi connectivity index (χ1n) is 10.7. The SMILES string of the molecule is Cc1ccc(CN(c2ccc(C(=O)N[C@H](C)CCc3ccccc3)cc2)S(C)(=O)=O)cc1. The lowest BCUT2D eigenvalue weighted by atomic mass is 10.1. The number of sulfonamides is 1. The van der Waals surface area contributed by atoms with Crippen molar-refractivity contribution >= 4 is 21.6 Å². The van der Waals surface area contributed by atoms with E-state index in [0.717, 1.165) is 24.0 Å². The summed E-state index contributed by atoms with van der Waals surface area (Å²) in [5, 5.41) is 3.02. The lowest BCUT2D eigenvalue weighted by molar-refractivity contribution is 0.0938. The Labute approximate surface area is 191 Å². The summed E-state index contributed by atoms with van der Waals surface area (Å²) < 4.78 is 26.2. The summed E-state index contributed by atoms with van der Waals surface area (Å²) in [6.45, 7) is 4.22. The summed E-state index contributed by atoms with van der Waals surface area (Å²) in [5.41, 5.74) is 4.29. The third-order valence-electron chi connectivity index (χ3n) is 5.35. The fraction of sp³-hybridized carbons (Fsp3) is 0.269. The fourth-order valence-electron chi connectivity index (χ4n) is 3.45. The summed E-state index contributed by atoms with van der Waals surface area (Å²) in [6, 6.07) is 24.7. The number of hydrogen-bond acceptors (Lipinski definition) is 3. The minimum atomic E-state index is -3.48. The first-order valence-corrected chi connectivity index (χ1v) is 12.6. The van der Waals surface area contributed by atoms with Crippen LogP contribution in [0.1, 0.15) is 40.4 Å². The second kappa shape index (κ2) is 10.5. The maximum atomic E-state index is 12.6. The number of rotatable bonds is 9. The summed E-state index contributed by atoms with van der Waals surface area (Å²) in [6.07, 6.45) is 2.92. The van der Waals surface area contributed by atoms with Crippen LogP contribution in [0.15, 0.2) is 78.9 Å². The van der Waals surface area contributed by atoms with Gasteiger partial charge in [-0.05, 0) is 62.1 Å². The Bertz CT molecular complexity index is 1130. The average molecular weight is 451 g/mol. The fourth-order valence-corrected chi connectivity index (χ4v) is 4.33. The largest absolute Gasteiger partial charge is 0.350 e. The van der Waals surface area contributed by atoms with Crippen molar-refractivity contribution in [2.24, 2.45) is 0 Å². The van der Waals surface area contributed by atoms with E-state index < -0.39 is 10.0 Å². The van der Waals surface area contributed by atoms with Gasteiger partial charge >= 0.3 is 0 Å². The lowest BCUT2D eigenvalue weighted by Gasteiger charge is -2.23. The Hall–Kier alpha value is -3.12. The van der Waals surface area contributed by atoms with Crippen LogP contribution in [0, 0.1) is 6.92 Å². The zero-order valence-corrected chi connectivity index (χ0v) is 19.6. The van der Waals surface area contributed by atoms with E-state index in [1.54, 1.807) is 24.3 Å². The summed E-state index contributed by atoms with van der Waals surface area (Å²) in [7, 11) is -3.48. The molecule has 3 rings (SSSR count). The van der Waals surface area contributed by atoms with Crippen molar-refractivity contribution in [2.45, 2.75) is 39.3 Å². The van der Waals surface area contributed by atoms with Gasteiger partial charge in [-0.3, -0.25) is 9.10 Å². The van der Waals surface area contributed by atoms with Gasteiger partial charge in [0.25, 0.3) is 5.91 Å². The molecule has 1 N–H and O–H groups in total. The number of amides is 1. The molecule has 32 heavy (non-hydrogen) atoms. The molecule has 0 radical (unpaired) electrons. The molecule has 0 heterocycles. The molecule has 1 amide bonds. The molecule has 6 heteroatoms. The Morgan fingerprint density at radius 3 is 2.12 bits per heavy atom. The van der Waals surface area contributed by atoms with E-state index >= 15 is 0 Å². The first-order chi connectivity index (χ1) is 15.2. The van der Waals surface area contributed by atoms with E-state index in [4.69, 9.17) is 0 Å². The number of aryl methyl sites for hydroxylation is 2. The number of anilines is 1. The number of nitrogens with zero attached hydrogens (tertiary/aromatic N) is 1. The Kier molecular flexibility index (Phi) is 7.70. The monoisotopic (exact) mass is 450 g/mol. The van der Waals surface area contributed by atoms with Crippen molar-refractivity contribution in [2.75, 3.05) is 10.6 Å². The smallest absolute Gasteiger partial charge is 0.251 e. The summed E-state index contributed by atoms with van der Waals surface area (Å²) in [4.78, 5) is 12.6. The molecule has 3 aromatic rings. The van der Waals surface area contributed by atoms with Crippen LogP contribution in [0.5, 0.6) is 0 Å². The van der Waals surface area contributed by atoms with Crippen LogP contribution in [0.25, 0.3) is 0 Å². The van der Waals surface area contributed by atoms with Crippen molar-refractivity contribution in [1.82, 2.24) is 5.32 Å². The predicted molar refractivity (Wildman–Crippen MR) is 130 cm³/mol. The molecule has 0 bridgehead atoms. The first kappa shape index (κ1) is 23.5. The van der Waals surface area contributed by atoms with Crippen LogP contribution in [-0.2, 0) is 23.0 Å². The molecule has 0 aliphatic carbocycles. The number of hydrogen-bond donors (Lipinski definition) is 1. The zero-order chi connectivity index (χ0) is 23.1. The Morgan fingerprint density at radius 1 is 0.906 bits per heavy atom. The number of nitrogens with one attached hydrogen (secondary N) is 1. The van der Waals surface area contributed by atoms with Crippen molar-refractivity contribution in [3.8, 4) is 0 Å². The maximum Gasteiger partial charge on any atom is 0.251 e. The molecule has 0 fully saturated rings. The van der Waals surface area contributed by atoms with Crippen molar-refractivity contribution in [3.63, 3.8) is 0 Å². The molecular formula is C26H30N2O3S. The highest BCUT2D eigenvalue weighted by atomic mass is 32.2. The predicted octanol–water partition coefficient (Wildman–Crippen LogP) is 4.71. The highest BCUT2D eigenvalue weighted by Gasteiger charge is 2.19. The van der Waals surface area contributed by atoms with Crippen LogP contribution in [0.2, 0.25) is 0 Å². The Morgan fingerprint density at radius 2 is 1.53 bits per heavy atom. The van der Waals surface area contributed by atoms with Crippen molar-refractivity contribution < 1.29 is 13.2 Å². The molecule has 0 aliphatic heterocycles. The van der Waals surface area contributed by atoms with Crippen molar-refractivity contribution in [3.05, 3.63) is 101 Å². The van der Waals surface area contributed by atoms with Crippen LogP contribution in [0.4, 0.5) is 5.69 Å². The quantitative estimate of drug-likeness (QED) is 0.513. The van der Waals surface area contributed by atoms with Crippen LogP contribution >= 0.6 is 0 Å². The van der Waals surface area contributed by atoms with Gasteiger partial charge in [0.15, 0.2) is 0 Å². The van der Waals surface area contributed by atoms with Gasteiger partial charge in [-0.2, -0.15) is 0 Å². The van der Waals surface area contributed by atoms with Gasteiger partial charge in [-0.15, -0.1) is 0 Å². The van der Waals surface area contributed by atoms with Gasteiger partial charge in [0.2, 0.25) is 10.0 Å². The standard InChI is InChI=1S/C26H30N2O3S/c1-20-9-12-23(13-10-20)19-28(32(3,30)31)25-17-15-24(16-18-25)26(29)27-21(2)11-14-22-7-5-4-6-8-22/h4-10,12-13,15-18,21H,11,14,19H2,1-3H3,(H,27,29)/t21-/m1/s1. The van der Waals surface area contributed by atoms with Gasteiger partial charge in [0, 0.05) is 11.6 Å². The number of carbonyl (C=O) groups excluding carboxylic acids is 1. The van der Waals surface area contributed by atoms with E-state index in [1.165, 1.54) is 16.1 Å². The molecule has 5 nitrogen and oxygen atoms in total. The number of carbonyl (C=O) groups is 1. The highest BCUT2D eigenvalue weighted by molar-refractivity contribution is 7.92. The van der Waals surface area contributed by atoms with E-state index in [9.17, 15) is 13.2 Å². The third kappa shape index (κ3) is 6.69. The second-order valence-electron chi connectivity index (χ2n) is 8.20. The Balaban J connectivity index is 1.64. The van der Waals surface area contributed by atoms with Gasteiger partial charge in [-0.25, -0.2) is 8.42 Å². The van der Waals surface area contributed by atoms with E-state index in [-0.39, 0.29) is 18.5 Å². The maximum absolute atomic E-state index is 12.6. The average Bonchev–Trinajstić information content (AvgIpc) is 2.77. The summed E-state index contributed by atoms with van der Waals surface area (Å²) >= 11 is 0. The van der Waals surface area contributed by atoms with E-state index in [0.29, 0.717) is 11.3 Å². The molecule has 3 aromatic carbocycles. The topological polar surface area (TPSA) is 66.5 Å². The lowest BCUT2D eigenvalue weighted by Crippen LogP contribution is -2.33. The van der Waals surface area contributed by atoms with Gasteiger partial charge in [0.05, 0.1) is 18.5 Å².